The van der Waals surface area contributed by atoms with Gasteiger partial charge in [0.1, 0.15) is 40.3 Å². The van der Waals surface area contributed by atoms with Crippen LogP contribution in [0, 0.1) is 17.3 Å². The van der Waals surface area contributed by atoms with E-state index in [1.54, 1.807) is 74.4 Å². The highest BCUT2D eigenvalue weighted by atomic mass is 16.7. The van der Waals surface area contributed by atoms with Gasteiger partial charge in [0.25, 0.3) is 0 Å². The standard InChI is InChI=1S/C41H61BN2O12/c1-37(2,3)52-34(47)31-28(50-26-21-43(22-26)25-19-27(33(45)46)44(20-25)35(48)53-38(4,5)6)14-13-23(32(31)51-36(49)54-39(7,8)9)15-16-42-55-30-18-24-17-29(40(24,10)11)41(30,12)56-42/h13-14,24-27,29-30H,15-22H2,1-12H3,(H,45,46)/t24-,25-,27-,29-,30+,41-/m0/s1. The molecule has 0 spiro atoms. The first-order valence-corrected chi connectivity index (χ1v) is 20.0. The van der Waals surface area contributed by atoms with E-state index in [-0.39, 0.29) is 53.2 Å². The van der Waals surface area contributed by atoms with Crippen LogP contribution < -0.4 is 9.47 Å². The van der Waals surface area contributed by atoms with Crippen LogP contribution in [0.5, 0.6) is 11.5 Å². The molecule has 0 aromatic heterocycles. The average molecular weight is 785 g/mol. The topological polar surface area (TPSA) is 160 Å². The van der Waals surface area contributed by atoms with Gasteiger partial charge >= 0.3 is 31.3 Å². The molecular formula is C41H61BN2O12. The van der Waals surface area contributed by atoms with Crippen LogP contribution in [0.25, 0.3) is 0 Å². The zero-order valence-electron chi connectivity index (χ0n) is 35.2. The summed E-state index contributed by atoms with van der Waals surface area (Å²) in [4.78, 5) is 55.6. The fourth-order valence-electron chi connectivity index (χ4n) is 9.10. The van der Waals surface area contributed by atoms with E-state index in [9.17, 15) is 24.3 Å². The van der Waals surface area contributed by atoms with E-state index in [2.05, 4.69) is 25.7 Å². The maximum atomic E-state index is 14.1. The van der Waals surface area contributed by atoms with Crippen LogP contribution >= 0.6 is 0 Å². The van der Waals surface area contributed by atoms with E-state index >= 15 is 0 Å². The number of likely N-dealkylation sites (tertiary alicyclic amines) is 2. The molecule has 56 heavy (non-hydrogen) atoms. The summed E-state index contributed by atoms with van der Waals surface area (Å²) in [5.74, 6) is -0.647. The van der Waals surface area contributed by atoms with Gasteiger partial charge in [0.2, 0.25) is 0 Å². The number of hydrogen-bond donors (Lipinski definition) is 1. The normalized spacial score (nSPS) is 28.8. The lowest BCUT2D eigenvalue weighted by molar-refractivity contribution is -0.199. The summed E-state index contributed by atoms with van der Waals surface area (Å²) in [5.41, 5.74) is -2.17. The summed E-state index contributed by atoms with van der Waals surface area (Å²) in [6, 6.07) is 2.22. The molecule has 3 saturated heterocycles. The van der Waals surface area contributed by atoms with E-state index < -0.39 is 60.3 Å². The van der Waals surface area contributed by atoms with Crippen molar-refractivity contribution in [3.05, 3.63) is 23.3 Å². The van der Waals surface area contributed by atoms with Crippen molar-refractivity contribution >= 4 is 31.3 Å². The van der Waals surface area contributed by atoms with Crippen LogP contribution in [0.3, 0.4) is 0 Å². The van der Waals surface area contributed by atoms with Crippen molar-refractivity contribution in [2.45, 2.75) is 162 Å². The maximum Gasteiger partial charge on any atom is 0.514 e. The van der Waals surface area contributed by atoms with Gasteiger partial charge in [0.05, 0.1) is 11.7 Å². The van der Waals surface area contributed by atoms with Gasteiger partial charge in [0, 0.05) is 25.7 Å². The largest absolute Gasteiger partial charge is 0.514 e. The predicted octanol–water partition coefficient (Wildman–Crippen LogP) is 6.75. The molecule has 6 atom stereocenters. The smallest absolute Gasteiger partial charge is 0.487 e. The summed E-state index contributed by atoms with van der Waals surface area (Å²) in [6.07, 6.45) is 1.12. The molecular weight excluding hydrogens is 723 g/mol. The lowest BCUT2D eigenvalue weighted by atomic mass is 9.43. The number of benzene rings is 1. The highest BCUT2D eigenvalue weighted by Crippen LogP contribution is 2.65. The van der Waals surface area contributed by atoms with Crippen LogP contribution in [0.15, 0.2) is 12.1 Å². The first kappa shape index (κ1) is 42.1. The Balaban J connectivity index is 1.22. The molecule has 6 aliphatic rings. The van der Waals surface area contributed by atoms with Gasteiger partial charge in [-0.1, -0.05) is 19.9 Å². The number of aryl methyl sites for hydroxylation is 1. The summed E-state index contributed by atoms with van der Waals surface area (Å²) in [5, 5.41) is 9.90. The molecule has 15 heteroatoms. The van der Waals surface area contributed by atoms with Gasteiger partial charge in [-0.25, -0.2) is 19.2 Å². The zero-order chi connectivity index (χ0) is 41.3. The second-order valence-electron chi connectivity index (χ2n) is 20.0. The van der Waals surface area contributed by atoms with Gasteiger partial charge in [-0.15, -0.1) is 0 Å². The number of aliphatic carboxylic acids is 1. The second-order valence-corrected chi connectivity index (χ2v) is 20.0. The van der Waals surface area contributed by atoms with Crippen molar-refractivity contribution in [1.29, 1.82) is 0 Å². The van der Waals surface area contributed by atoms with Crippen LogP contribution in [0.4, 0.5) is 9.59 Å². The monoisotopic (exact) mass is 784 g/mol. The van der Waals surface area contributed by atoms with E-state index in [0.717, 1.165) is 12.8 Å². The maximum absolute atomic E-state index is 14.1. The van der Waals surface area contributed by atoms with Crippen LogP contribution in [-0.4, -0.2) is 113 Å². The molecule has 7 rings (SSSR count). The quantitative estimate of drug-likeness (QED) is 0.121. The number of esters is 1. The Morgan fingerprint density at radius 2 is 1.52 bits per heavy atom. The number of carboxylic acid groups (broad SMARTS) is 1. The highest BCUT2D eigenvalue weighted by molar-refractivity contribution is 6.45. The molecule has 0 unspecified atom stereocenters. The third-order valence-electron chi connectivity index (χ3n) is 11.9. The van der Waals surface area contributed by atoms with E-state index in [4.69, 9.17) is 33.0 Å². The van der Waals surface area contributed by atoms with E-state index in [0.29, 0.717) is 43.2 Å². The second kappa shape index (κ2) is 14.7. The molecule has 3 heterocycles. The third kappa shape index (κ3) is 8.79. The number of ether oxygens (including phenoxy) is 5. The number of carbonyl (C=O) groups excluding carboxylic acids is 3. The summed E-state index contributed by atoms with van der Waals surface area (Å²) in [7, 11) is -0.473. The van der Waals surface area contributed by atoms with Crippen molar-refractivity contribution < 1.29 is 57.3 Å². The number of carboxylic acids is 1. The van der Waals surface area contributed by atoms with E-state index in [1.165, 1.54) is 4.90 Å². The number of rotatable bonds is 9. The molecule has 6 fully saturated rings. The molecule has 0 radical (unpaired) electrons. The summed E-state index contributed by atoms with van der Waals surface area (Å²) < 4.78 is 42.4. The molecule has 3 aliphatic heterocycles. The molecule has 1 aromatic rings. The lowest BCUT2D eigenvalue weighted by Gasteiger charge is -2.64. The minimum Gasteiger partial charge on any atom is -0.487 e. The summed E-state index contributed by atoms with van der Waals surface area (Å²) in [6.45, 7) is 23.4. The Morgan fingerprint density at radius 3 is 2.11 bits per heavy atom. The fourth-order valence-corrected chi connectivity index (χ4v) is 9.10. The molecule has 1 aromatic carbocycles. The molecule has 310 valence electrons. The minimum absolute atomic E-state index is 0.0107. The number of amides is 1. The Hall–Kier alpha value is -3.56. The van der Waals surface area contributed by atoms with Gasteiger partial charge in [-0.3, -0.25) is 9.80 Å². The van der Waals surface area contributed by atoms with Crippen molar-refractivity contribution in [1.82, 2.24) is 9.80 Å². The van der Waals surface area contributed by atoms with Crippen LogP contribution in [-0.2, 0) is 34.7 Å². The number of nitrogens with zero attached hydrogens (tertiary/aromatic N) is 2. The Labute approximate surface area is 331 Å². The van der Waals surface area contributed by atoms with Crippen molar-refractivity contribution in [3.63, 3.8) is 0 Å². The molecule has 1 amide bonds. The summed E-state index contributed by atoms with van der Waals surface area (Å²) >= 11 is 0. The lowest BCUT2D eigenvalue weighted by Crippen LogP contribution is -2.65. The SMILES string of the molecule is CC(C)(C)OC(=O)Oc1c(CCB2O[C@@H]3C[C@@H]4C[C@@H](C4(C)C)[C@]3(C)O2)ccc(OC2CN([C@H]3C[C@@H](C(=O)O)N(C(=O)OC(C)(C)C)C3)C2)c1C(=O)OC(C)(C)C. The predicted molar refractivity (Wildman–Crippen MR) is 206 cm³/mol. The third-order valence-corrected chi connectivity index (χ3v) is 11.9. The van der Waals surface area contributed by atoms with Gasteiger partial charge in [-0.2, -0.15) is 0 Å². The number of carbonyl (C=O) groups is 4. The zero-order valence-corrected chi connectivity index (χ0v) is 35.2. The molecule has 3 saturated carbocycles. The van der Waals surface area contributed by atoms with Gasteiger partial charge in [0.15, 0.2) is 5.75 Å². The fraction of sp³-hybridized carbons (Fsp3) is 0.756. The average Bonchev–Trinajstić information content (AvgIpc) is 3.60. The molecule has 3 aliphatic carbocycles. The van der Waals surface area contributed by atoms with Crippen molar-refractivity contribution in [2.24, 2.45) is 17.3 Å². The van der Waals surface area contributed by atoms with Crippen LogP contribution in [0.1, 0.15) is 118 Å². The number of hydrogen-bond acceptors (Lipinski definition) is 12. The Bertz CT molecular complexity index is 1710. The first-order chi connectivity index (χ1) is 25.7. The van der Waals surface area contributed by atoms with Crippen molar-refractivity contribution in [3.8, 4) is 11.5 Å². The molecule has 14 nitrogen and oxygen atoms in total. The van der Waals surface area contributed by atoms with Crippen LogP contribution in [0.2, 0.25) is 6.32 Å². The molecule has 1 N–H and O–H groups in total. The van der Waals surface area contributed by atoms with E-state index in [1.807, 2.05) is 0 Å². The first-order valence-electron chi connectivity index (χ1n) is 20.0. The van der Waals surface area contributed by atoms with Crippen molar-refractivity contribution in [2.75, 3.05) is 19.6 Å². The van der Waals surface area contributed by atoms with Gasteiger partial charge < -0.3 is 38.1 Å². The highest BCUT2D eigenvalue weighted by Gasteiger charge is 2.67. The minimum atomic E-state index is -1.09. The van der Waals surface area contributed by atoms with Gasteiger partial charge in [-0.05, 0) is 130 Å². The Morgan fingerprint density at radius 1 is 0.875 bits per heavy atom. The Kier molecular flexibility index (Phi) is 11.0. The molecule has 2 bridgehead atoms.